The summed E-state index contributed by atoms with van der Waals surface area (Å²) in [6, 6.07) is 9.48. The number of benzene rings is 2. The van der Waals surface area contributed by atoms with E-state index in [0.29, 0.717) is 11.1 Å². The number of phenolic OH excluding ortho intramolecular Hbond substituents is 1. The fourth-order valence-electron chi connectivity index (χ4n) is 4.08. The highest BCUT2D eigenvalue weighted by Gasteiger charge is 2.37. The van der Waals surface area contributed by atoms with E-state index in [0.717, 1.165) is 11.1 Å². The van der Waals surface area contributed by atoms with Crippen LogP contribution >= 0.6 is 0 Å². The average molecular weight is 528 g/mol. The molecule has 208 valence electrons. The molecule has 2 rings (SSSR count). The zero-order valence-electron chi connectivity index (χ0n) is 23.4. The Morgan fingerprint density at radius 2 is 1.63 bits per heavy atom. The topological polar surface area (TPSA) is 128 Å². The number of aromatic hydroxyl groups is 1. The van der Waals surface area contributed by atoms with Crippen LogP contribution in [0.15, 0.2) is 42.5 Å². The highest BCUT2D eigenvalue weighted by Crippen LogP contribution is 2.28. The predicted octanol–water partition coefficient (Wildman–Crippen LogP) is 3.53. The van der Waals surface area contributed by atoms with E-state index in [9.17, 15) is 24.6 Å². The van der Waals surface area contributed by atoms with Gasteiger partial charge in [0.1, 0.15) is 23.4 Å². The summed E-state index contributed by atoms with van der Waals surface area (Å²) in [5.41, 5.74) is 2.32. The van der Waals surface area contributed by atoms with Gasteiger partial charge in [0, 0.05) is 19.0 Å². The average Bonchev–Trinajstić information content (AvgIpc) is 2.80. The van der Waals surface area contributed by atoms with Crippen LogP contribution in [0.2, 0.25) is 0 Å². The number of rotatable bonds is 10. The molecule has 9 nitrogen and oxygen atoms in total. The summed E-state index contributed by atoms with van der Waals surface area (Å²) in [6.45, 7) is 12.1. The third-order valence-electron chi connectivity index (χ3n) is 5.92. The number of phenols is 1. The molecule has 2 aromatic rings. The second-order valence-corrected chi connectivity index (χ2v) is 10.7. The van der Waals surface area contributed by atoms with Crippen LogP contribution in [-0.2, 0) is 20.7 Å². The Hall–Kier alpha value is -3.59. The normalized spacial score (nSPS) is 13.0. The van der Waals surface area contributed by atoms with Crippen molar-refractivity contribution in [2.24, 2.45) is 0 Å². The smallest absolute Gasteiger partial charge is 0.408 e. The van der Waals surface area contributed by atoms with Crippen molar-refractivity contribution in [2.45, 2.75) is 78.6 Å². The van der Waals surface area contributed by atoms with Crippen molar-refractivity contribution in [3.05, 3.63) is 64.7 Å². The molecule has 2 aromatic carbocycles. The summed E-state index contributed by atoms with van der Waals surface area (Å²) >= 11 is 0. The molecule has 0 heterocycles. The molecule has 38 heavy (non-hydrogen) atoms. The second kappa shape index (κ2) is 13.3. The number of nitrogens with zero attached hydrogens (tertiary/aromatic N) is 1. The van der Waals surface area contributed by atoms with Crippen LogP contribution in [-0.4, -0.2) is 63.9 Å². The van der Waals surface area contributed by atoms with Gasteiger partial charge in [-0.25, -0.2) is 4.79 Å². The molecule has 0 radical (unpaired) electrons. The number of nitrogens with one attached hydrogen (secondary N) is 2. The predicted molar refractivity (Wildman–Crippen MR) is 146 cm³/mol. The van der Waals surface area contributed by atoms with Crippen LogP contribution in [0, 0.1) is 13.8 Å². The lowest BCUT2D eigenvalue weighted by Crippen LogP contribution is -2.55. The summed E-state index contributed by atoms with van der Waals surface area (Å²) < 4.78 is 5.41. The lowest BCUT2D eigenvalue weighted by molar-refractivity contribution is -0.143. The molecule has 0 aliphatic carbocycles. The Bertz CT molecular complexity index is 1110. The molecule has 9 heteroatoms. The molecule has 2 atom stereocenters. The van der Waals surface area contributed by atoms with Crippen molar-refractivity contribution < 1.29 is 29.3 Å². The number of amides is 3. The van der Waals surface area contributed by atoms with Crippen molar-refractivity contribution in [3.8, 4) is 5.75 Å². The molecular formula is C29H41N3O6. The molecular weight excluding hydrogens is 486 g/mol. The largest absolute Gasteiger partial charge is 0.508 e. The maximum atomic E-state index is 14.1. The van der Waals surface area contributed by atoms with Gasteiger partial charge in [-0.2, -0.15) is 0 Å². The summed E-state index contributed by atoms with van der Waals surface area (Å²) in [5.74, 6) is -0.877. The van der Waals surface area contributed by atoms with Gasteiger partial charge in [-0.3, -0.25) is 9.59 Å². The van der Waals surface area contributed by atoms with E-state index in [1.807, 2.05) is 39.8 Å². The maximum Gasteiger partial charge on any atom is 0.408 e. The van der Waals surface area contributed by atoms with E-state index in [1.165, 1.54) is 17.0 Å². The van der Waals surface area contributed by atoms with Gasteiger partial charge in [0.05, 0.1) is 6.61 Å². The Morgan fingerprint density at radius 1 is 1.00 bits per heavy atom. The first kappa shape index (κ1) is 30.6. The van der Waals surface area contributed by atoms with E-state index in [1.54, 1.807) is 39.0 Å². The van der Waals surface area contributed by atoms with Crippen LogP contribution in [0.4, 0.5) is 4.79 Å². The number of hydrogen-bond acceptors (Lipinski definition) is 6. The molecule has 0 spiro atoms. The van der Waals surface area contributed by atoms with Crippen LogP contribution in [0.25, 0.3) is 0 Å². The monoisotopic (exact) mass is 527 g/mol. The first-order chi connectivity index (χ1) is 17.7. The number of carbonyl (C=O) groups excluding carboxylic acids is 3. The lowest BCUT2D eigenvalue weighted by Gasteiger charge is -2.35. The highest BCUT2D eigenvalue weighted by molar-refractivity contribution is 5.92. The maximum absolute atomic E-state index is 14.1. The van der Waals surface area contributed by atoms with E-state index in [2.05, 4.69) is 10.6 Å². The van der Waals surface area contributed by atoms with E-state index < -0.39 is 35.6 Å². The van der Waals surface area contributed by atoms with Crippen molar-refractivity contribution in [3.63, 3.8) is 0 Å². The Morgan fingerprint density at radius 3 is 2.18 bits per heavy atom. The number of alkyl carbamates (subject to hydrolysis) is 1. The second-order valence-electron chi connectivity index (χ2n) is 10.7. The minimum Gasteiger partial charge on any atom is -0.508 e. The number of hydrogen-bond donors (Lipinski definition) is 4. The lowest BCUT2D eigenvalue weighted by atomic mass is 9.94. The van der Waals surface area contributed by atoms with Crippen molar-refractivity contribution in [1.82, 2.24) is 15.5 Å². The van der Waals surface area contributed by atoms with Gasteiger partial charge >= 0.3 is 6.09 Å². The van der Waals surface area contributed by atoms with Gasteiger partial charge in [0.25, 0.3) is 0 Å². The summed E-state index contributed by atoms with van der Waals surface area (Å²) in [6.07, 6.45) is -0.709. The van der Waals surface area contributed by atoms with Crippen LogP contribution in [0.3, 0.4) is 0 Å². The van der Waals surface area contributed by atoms with Crippen LogP contribution < -0.4 is 10.6 Å². The Kier molecular flexibility index (Phi) is 10.7. The van der Waals surface area contributed by atoms with Gasteiger partial charge < -0.3 is 30.5 Å². The van der Waals surface area contributed by atoms with Gasteiger partial charge in [-0.15, -0.1) is 0 Å². The fourth-order valence-corrected chi connectivity index (χ4v) is 4.08. The SMILES string of the molecule is Cc1cccc(C(C(=O)NC(C)C)N(CCO)C(=O)C(Cc2ccc(O)cc2)NC(=O)OC(C)(C)C)c1C. The van der Waals surface area contributed by atoms with Crippen LogP contribution in [0.5, 0.6) is 5.75 Å². The first-order valence-corrected chi connectivity index (χ1v) is 12.8. The van der Waals surface area contributed by atoms with Gasteiger partial charge in [-0.05, 0) is 82.9 Å². The highest BCUT2D eigenvalue weighted by atomic mass is 16.6. The molecule has 0 saturated heterocycles. The van der Waals surface area contributed by atoms with Gasteiger partial charge in [0.2, 0.25) is 11.8 Å². The minimum atomic E-state index is -1.11. The number of aliphatic hydroxyl groups is 1. The standard InChI is InChI=1S/C29H41N3O6/c1-18(2)30-26(35)25(23-10-8-9-19(3)20(23)4)32(15-16-33)27(36)24(31-28(37)38-29(5,6)7)17-21-11-13-22(34)14-12-21/h8-14,18,24-25,33-34H,15-17H2,1-7H3,(H,30,35)(H,31,37). The van der Waals surface area contributed by atoms with E-state index in [-0.39, 0.29) is 31.4 Å². The summed E-state index contributed by atoms with van der Waals surface area (Å²) in [5, 5.41) is 25.2. The van der Waals surface area contributed by atoms with E-state index >= 15 is 0 Å². The van der Waals surface area contributed by atoms with Crippen molar-refractivity contribution in [1.29, 1.82) is 0 Å². The summed E-state index contributed by atoms with van der Waals surface area (Å²) in [7, 11) is 0. The third-order valence-corrected chi connectivity index (χ3v) is 5.92. The first-order valence-electron chi connectivity index (χ1n) is 12.8. The van der Waals surface area contributed by atoms with Crippen molar-refractivity contribution >= 4 is 17.9 Å². The Labute approximate surface area is 225 Å². The Balaban J connectivity index is 2.57. The van der Waals surface area contributed by atoms with E-state index in [4.69, 9.17) is 4.74 Å². The molecule has 0 bridgehead atoms. The molecule has 0 aliphatic heterocycles. The fraction of sp³-hybridized carbons (Fsp3) is 0.483. The molecule has 4 N–H and O–H groups in total. The molecule has 2 unspecified atom stereocenters. The molecule has 3 amide bonds. The molecule has 0 saturated carbocycles. The zero-order valence-corrected chi connectivity index (χ0v) is 23.4. The van der Waals surface area contributed by atoms with Gasteiger partial charge in [-0.1, -0.05) is 30.3 Å². The zero-order chi connectivity index (χ0) is 28.6. The molecule has 0 fully saturated rings. The number of ether oxygens (including phenoxy) is 1. The van der Waals surface area contributed by atoms with Crippen LogP contribution in [0.1, 0.15) is 62.9 Å². The number of carbonyl (C=O) groups is 3. The third kappa shape index (κ3) is 8.76. The summed E-state index contributed by atoms with van der Waals surface area (Å²) in [4.78, 5) is 41.7. The number of aliphatic hydroxyl groups excluding tert-OH is 1. The number of aryl methyl sites for hydroxylation is 1. The molecule has 0 aliphatic rings. The van der Waals surface area contributed by atoms with Gasteiger partial charge in [0.15, 0.2) is 0 Å². The van der Waals surface area contributed by atoms with Crippen molar-refractivity contribution in [2.75, 3.05) is 13.2 Å². The molecule has 0 aromatic heterocycles. The minimum absolute atomic E-state index is 0.0685. The quantitative estimate of drug-likeness (QED) is 0.374.